The van der Waals surface area contributed by atoms with Crippen molar-refractivity contribution in [3.8, 4) is 0 Å². The molecular weight excluding hydrogens is 198 g/mol. The predicted octanol–water partition coefficient (Wildman–Crippen LogP) is 2.84. The van der Waals surface area contributed by atoms with Gasteiger partial charge in [-0.25, -0.2) is 4.98 Å². The number of nitrogens with two attached hydrogens (primary N) is 1. The second kappa shape index (κ2) is 5.73. The number of nitrogen functional groups attached to an aromatic ring is 1. The lowest BCUT2D eigenvalue weighted by Crippen LogP contribution is -2.28. The summed E-state index contributed by atoms with van der Waals surface area (Å²) in [5, 5.41) is 0. The molecule has 1 heterocycles. The molecule has 0 bridgehead atoms. The summed E-state index contributed by atoms with van der Waals surface area (Å²) in [6, 6.07) is 2.07. The van der Waals surface area contributed by atoms with Crippen LogP contribution in [0.5, 0.6) is 0 Å². The standard InChI is InChI=1S/C13H23N3/c1-5-10(3)9-16(6-2)13-7-11(4)12(14)8-15-13/h7-8,10H,5-6,9,14H2,1-4H3. The van der Waals surface area contributed by atoms with Gasteiger partial charge in [0.1, 0.15) is 5.82 Å². The molecule has 0 amide bonds. The molecule has 1 aromatic heterocycles. The highest BCUT2D eigenvalue weighted by Crippen LogP contribution is 2.18. The Balaban J connectivity index is 2.82. The van der Waals surface area contributed by atoms with E-state index in [1.807, 2.05) is 6.92 Å². The van der Waals surface area contributed by atoms with Gasteiger partial charge in [-0.3, -0.25) is 0 Å². The van der Waals surface area contributed by atoms with Crippen LogP contribution in [-0.4, -0.2) is 18.1 Å². The molecule has 0 aliphatic heterocycles. The lowest BCUT2D eigenvalue weighted by atomic mass is 10.1. The monoisotopic (exact) mass is 221 g/mol. The number of nitrogens with zero attached hydrogens (tertiary/aromatic N) is 2. The number of aromatic nitrogens is 1. The summed E-state index contributed by atoms with van der Waals surface area (Å²) in [5.41, 5.74) is 7.65. The quantitative estimate of drug-likeness (QED) is 0.831. The van der Waals surface area contributed by atoms with Gasteiger partial charge >= 0.3 is 0 Å². The molecule has 0 aromatic carbocycles. The van der Waals surface area contributed by atoms with Crippen LogP contribution in [-0.2, 0) is 0 Å². The molecule has 0 spiro atoms. The lowest BCUT2D eigenvalue weighted by Gasteiger charge is -2.25. The molecule has 90 valence electrons. The maximum Gasteiger partial charge on any atom is 0.128 e. The fourth-order valence-corrected chi connectivity index (χ4v) is 1.61. The molecule has 1 aromatic rings. The van der Waals surface area contributed by atoms with Gasteiger partial charge in [-0.1, -0.05) is 20.3 Å². The summed E-state index contributed by atoms with van der Waals surface area (Å²) >= 11 is 0. The van der Waals surface area contributed by atoms with Crippen LogP contribution in [0.15, 0.2) is 12.3 Å². The van der Waals surface area contributed by atoms with Crippen molar-refractivity contribution >= 4 is 11.5 Å². The van der Waals surface area contributed by atoms with Gasteiger partial charge in [-0.05, 0) is 31.4 Å². The first-order valence-corrected chi connectivity index (χ1v) is 6.05. The summed E-state index contributed by atoms with van der Waals surface area (Å²) in [4.78, 5) is 6.70. The van der Waals surface area contributed by atoms with Crippen LogP contribution in [0.4, 0.5) is 11.5 Å². The zero-order valence-electron chi connectivity index (χ0n) is 10.8. The van der Waals surface area contributed by atoms with Gasteiger partial charge in [-0.2, -0.15) is 0 Å². The van der Waals surface area contributed by atoms with Crippen molar-refractivity contribution in [1.82, 2.24) is 4.98 Å². The van der Waals surface area contributed by atoms with Gasteiger partial charge in [0, 0.05) is 13.1 Å². The normalized spacial score (nSPS) is 12.5. The number of hydrogen-bond acceptors (Lipinski definition) is 3. The molecular formula is C13H23N3. The van der Waals surface area contributed by atoms with Crippen LogP contribution in [0.25, 0.3) is 0 Å². The van der Waals surface area contributed by atoms with E-state index in [0.717, 1.165) is 30.2 Å². The number of anilines is 2. The van der Waals surface area contributed by atoms with Crippen molar-refractivity contribution in [1.29, 1.82) is 0 Å². The summed E-state index contributed by atoms with van der Waals surface area (Å²) in [6.07, 6.45) is 2.95. The average Bonchev–Trinajstić information content (AvgIpc) is 2.29. The maximum absolute atomic E-state index is 5.78. The first kappa shape index (κ1) is 12.8. The summed E-state index contributed by atoms with van der Waals surface area (Å²) in [6.45, 7) is 10.7. The molecule has 0 aliphatic carbocycles. The molecule has 0 aliphatic rings. The molecule has 1 atom stereocenters. The van der Waals surface area contributed by atoms with Gasteiger partial charge < -0.3 is 10.6 Å². The Bertz CT molecular complexity index is 336. The Labute approximate surface area is 98.7 Å². The fourth-order valence-electron chi connectivity index (χ4n) is 1.61. The minimum Gasteiger partial charge on any atom is -0.397 e. The third kappa shape index (κ3) is 3.12. The molecule has 16 heavy (non-hydrogen) atoms. The number of hydrogen-bond donors (Lipinski definition) is 1. The van der Waals surface area contributed by atoms with E-state index in [2.05, 4.69) is 36.7 Å². The van der Waals surface area contributed by atoms with E-state index in [9.17, 15) is 0 Å². The van der Waals surface area contributed by atoms with Gasteiger partial charge in [0.2, 0.25) is 0 Å². The summed E-state index contributed by atoms with van der Waals surface area (Å²) in [7, 11) is 0. The first-order chi connectivity index (χ1) is 7.58. The van der Waals surface area contributed by atoms with Crippen LogP contribution < -0.4 is 10.6 Å². The number of rotatable bonds is 5. The maximum atomic E-state index is 5.78. The Hall–Kier alpha value is -1.25. The van der Waals surface area contributed by atoms with Gasteiger partial charge in [0.05, 0.1) is 11.9 Å². The zero-order valence-corrected chi connectivity index (χ0v) is 10.8. The molecule has 2 N–H and O–H groups in total. The Morgan fingerprint density at radius 3 is 2.62 bits per heavy atom. The van der Waals surface area contributed by atoms with E-state index in [0.29, 0.717) is 5.92 Å². The number of pyridine rings is 1. The van der Waals surface area contributed by atoms with Gasteiger partial charge in [0.25, 0.3) is 0 Å². The van der Waals surface area contributed by atoms with E-state index in [1.54, 1.807) is 6.20 Å². The largest absolute Gasteiger partial charge is 0.397 e. The lowest BCUT2D eigenvalue weighted by molar-refractivity contribution is 0.545. The molecule has 1 unspecified atom stereocenters. The summed E-state index contributed by atoms with van der Waals surface area (Å²) < 4.78 is 0. The van der Waals surface area contributed by atoms with Crippen molar-refractivity contribution in [2.24, 2.45) is 5.92 Å². The Morgan fingerprint density at radius 1 is 1.44 bits per heavy atom. The van der Waals surface area contributed by atoms with Crippen LogP contribution in [0.2, 0.25) is 0 Å². The second-order valence-corrected chi connectivity index (χ2v) is 4.45. The average molecular weight is 221 g/mol. The third-order valence-corrected chi connectivity index (χ3v) is 3.07. The first-order valence-electron chi connectivity index (χ1n) is 6.05. The topological polar surface area (TPSA) is 42.1 Å². The van der Waals surface area contributed by atoms with Crippen LogP contribution in [0, 0.1) is 12.8 Å². The highest BCUT2D eigenvalue weighted by molar-refractivity contribution is 5.52. The predicted molar refractivity (Wildman–Crippen MR) is 70.7 cm³/mol. The van der Waals surface area contributed by atoms with E-state index in [-0.39, 0.29) is 0 Å². The van der Waals surface area contributed by atoms with Crippen LogP contribution in [0.1, 0.15) is 32.8 Å². The van der Waals surface area contributed by atoms with Crippen molar-refractivity contribution < 1.29 is 0 Å². The molecule has 0 saturated heterocycles. The van der Waals surface area contributed by atoms with Crippen molar-refractivity contribution in [2.45, 2.75) is 34.1 Å². The molecule has 0 fully saturated rings. The molecule has 0 saturated carbocycles. The highest BCUT2D eigenvalue weighted by atomic mass is 15.2. The molecule has 0 radical (unpaired) electrons. The number of aryl methyl sites for hydroxylation is 1. The smallest absolute Gasteiger partial charge is 0.128 e. The van der Waals surface area contributed by atoms with Crippen molar-refractivity contribution in [2.75, 3.05) is 23.7 Å². The van der Waals surface area contributed by atoms with E-state index < -0.39 is 0 Å². The minimum atomic E-state index is 0.694. The Kier molecular flexibility index (Phi) is 4.59. The van der Waals surface area contributed by atoms with E-state index in [1.165, 1.54) is 6.42 Å². The summed E-state index contributed by atoms with van der Waals surface area (Å²) in [5.74, 6) is 1.73. The molecule has 1 rings (SSSR count). The highest BCUT2D eigenvalue weighted by Gasteiger charge is 2.10. The van der Waals surface area contributed by atoms with Crippen molar-refractivity contribution in [3.05, 3.63) is 17.8 Å². The zero-order chi connectivity index (χ0) is 12.1. The van der Waals surface area contributed by atoms with Crippen LogP contribution in [0.3, 0.4) is 0 Å². The third-order valence-electron chi connectivity index (χ3n) is 3.07. The molecule has 3 nitrogen and oxygen atoms in total. The second-order valence-electron chi connectivity index (χ2n) is 4.45. The Morgan fingerprint density at radius 2 is 2.12 bits per heavy atom. The molecule has 3 heteroatoms. The fraction of sp³-hybridized carbons (Fsp3) is 0.615. The van der Waals surface area contributed by atoms with E-state index in [4.69, 9.17) is 5.73 Å². The van der Waals surface area contributed by atoms with E-state index >= 15 is 0 Å². The van der Waals surface area contributed by atoms with Crippen LogP contribution >= 0.6 is 0 Å². The minimum absolute atomic E-state index is 0.694. The van der Waals surface area contributed by atoms with Gasteiger partial charge in [0.15, 0.2) is 0 Å². The van der Waals surface area contributed by atoms with Gasteiger partial charge in [-0.15, -0.1) is 0 Å². The van der Waals surface area contributed by atoms with Crippen molar-refractivity contribution in [3.63, 3.8) is 0 Å². The SMILES string of the molecule is CCC(C)CN(CC)c1cc(C)c(N)cn1.